The minimum absolute atomic E-state index is 0.0686. The molecule has 1 saturated heterocycles. The van der Waals surface area contributed by atoms with Gasteiger partial charge in [-0.3, -0.25) is 14.8 Å². The summed E-state index contributed by atoms with van der Waals surface area (Å²) in [4.78, 5) is 25.6. The number of rotatable bonds is 3. The van der Waals surface area contributed by atoms with E-state index in [1.165, 1.54) is 0 Å². The fourth-order valence-corrected chi connectivity index (χ4v) is 3.15. The molecule has 0 unspecified atom stereocenters. The van der Waals surface area contributed by atoms with E-state index < -0.39 is 0 Å². The number of amides is 1. The third kappa shape index (κ3) is 3.70. The van der Waals surface area contributed by atoms with Gasteiger partial charge in [-0.15, -0.1) is 0 Å². The minimum atomic E-state index is -0.0686. The van der Waals surface area contributed by atoms with Gasteiger partial charge in [-0.2, -0.15) is 5.10 Å². The zero-order valence-electron chi connectivity index (χ0n) is 14.9. The molecule has 0 N–H and O–H groups in total. The van der Waals surface area contributed by atoms with Crippen molar-refractivity contribution in [2.75, 3.05) is 33.2 Å². The molecule has 27 heavy (non-hydrogen) atoms. The van der Waals surface area contributed by atoms with Gasteiger partial charge in [-0.1, -0.05) is 11.6 Å². The highest BCUT2D eigenvalue weighted by molar-refractivity contribution is 6.30. The van der Waals surface area contributed by atoms with Crippen LogP contribution >= 0.6 is 11.6 Å². The monoisotopic (exact) mass is 382 g/mol. The van der Waals surface area contributed by atoms with Gasteiger partial charge < -0.3 is 9.80 Å². The first-order valence-corrected chi connectivity index (χ1v) is 9.10. The summed E-state index contributed by atoms with van der Waals surface area (Å²) in [7, 11) is 2.06. The average Bonchev–Trinajstić information content (AvgIpc) is 3.15. The summed E-state index contributed by atoms with van der Waals surface area (Å²) in [5.74, 6) is -0.0686. The molecule has 138 valence electrons. The van der Waals surface area contributed by atoms with Crippen LogP contribution in [0.4, 0.5) is 0 Å². The van der Waals surface area contributed by atoms with Gasteiger partial charge in [0.2, 0.25) is 0 Å². The number of pyridine rings is 2. The molecule has 4 heterocycles. The maximum Gasteiger partial charge on any atom is 0.274 e. The molecule has 0 bridgehead atoms. The highest BCUT2D eigenvalue weighted by Gasteiger charge is 2.24. The molecule has 1 aliphatic heterocycles. The maximum atomic E-state index is 13.0. The number of hydrogen-bond acceptors (Lipinski definition) is 5. The lowest BCUT2D eigenvalue weighted by atomic mass is 10.2. The highest BCUT2D eigenvalue weighted by atomic mass is 35.5. The fourth-order valence-electron chi connectivity index (χ4n) is 3.04. The molecule has 3 aromatic rings. The second kappa shape index (κ2) is 7.46. The van der Waals surface area contributed by atoms with Crippen molar-refractivity contribution in [2.45, 2.75) is 0 Å². The van der Waals surface area contributed by atoms with E-state index in [4.69, 9.17) is 11.6 Å². The van der Waals surface area contributed by atoms with Crippen molar-refractivity contribution in [1.82, 2.24) is 29.5 Å². The maximum absolute atomic E-state index is 13.0. The Labute approximate surface area is 162 Å². The molecule has 3 aromatic heterocycles. The Bertz CT molecular complexity index is 933. The first-order valence-electron chi connectivity index (χ1n) is 8.72. The van der Waals surface area contributed by atoms with Crippen molar-refractivity contribution in [3.8, 4) is 17.1 Å². The Balaban J connectivity index is 1.73. The zero-order chi connectivity index (χ0) is 18.8. The molecule has 0 spiro atoms. The quantitative estimate of drug-likeness (QED) is 0.695. The number of carbonyl (C=O) groups is 1. The molecule has 1 fully saturated rings. The lowest BCUT2D eigenvalue weighted by Crippen LogP contribution is -2.47. The fraction of sp³-hybridized carbons (Fsp3) is 0.263. The van der Waals surface area contributed by atoms with E-state index in [9.17, 15) is 4.79 Å². The van der Waals surface area contributed by atoms with Crippen molar-refractivity contribution in [2.24, 2.45) is 0 Å². The van der Waals surface area contributed by atoms with Gasteiger partial charge >= 0.3 is 0 Å². The van der Waals surface area contributed by atoms with Crippen LogP contribution in [0, 0.1) is 0 Å². The van der Waals surface area contributed by atoms with Gasteiger partial charge in [0.1, 0.15) is 0 Å². The van der Waals surface area contributed by atoms with Crippen molar-refractivity contribution in [1.29, 1.82) is 0 Å². The third-order valence-corrected chi connectivity index (χ3v) is 4.82. The van der Waals surface area contributed by atoms with E-state index in [1.54, 1.807) is 35.4 Å². The summed E-state index contributed by atoms with van der Waals surface area (Å²) in [6, 6.07) is 9.09. The van der Waals surface area contributed by atoms with Crippen LogP contribution in [0.2, 0.25) is 5.02 Å². The van der Waals surface area contributed by atoms with Crippen molar-refractivity contribution in [3.63, 3.8) is 0 Å². The van der Waals surface area contributed by atoms with E-state index in [2.05, 4.69) is 27.0 Å². The molecular weight excluding hydrogens is 364 g/mol. The summed E-state index contributed by atoms with van der Waals surface area (Å²) >= 11 is 5.97. The van der Waals surface area contributed by atoms with E-state index >= 15 is 0 Å². The van der Waals surface area contributed by atoms with E-state index in [0.717, 1.165) is 24.5 Å². The predicted molar refractivity (Wildman–Crippen MR) is 103 cm³/mol. The number of piperazine rings is 1. The van der Waals surface area contributed by atoms with Gasteiger partial charge in [0.25, 0.3) is 5.91 Å². The molecule has 1 amide bonds. The van der Waals surface area contributed by atoms with Gasteiger partial charge in [0.05, 0.1) is 28.3 Å². The molecule has 0 aliphatic carbocycles. The molecule has 0 aromatic carbocycles. The van der Waals surface area contributed by atoms with Gasteiger partial charge in [-0.25, -0.2) is 4.68 Å². The molecular formula is C19H19ClN6O. The van der Waals surface area contributed by atoms with Crippen LogP contribution < -0.4 is 0 Å². The van der Waals surface area contributed by atoms with Crippen molar-refractivity contribution >= 4 is 17.5 Å². The van der Waals surface area contributed by atoms with E-state index in [-0.39, 0.29) is 5.91 Å². The molecule has 0 radical (unpaired) electrons. The topological polar surface area (TPSA) is 67.2 Å². The lowest BCUT2D eigenvalue weighted by molar-refractivity contribution is 0.0657. The Morgan fingerprint density at radius 1 is 1.11 bits per heavy atom. The summed E-state index contributed by atoms with van der Waals surface area (Å²) in [5, 5.41) is 5.13. The first kappa shape index (κ1) is 17.6. The molecule has 8 heteroatoms. The molecule has 0 saturated carbocycles. The molecule has 7 nitrogen and oxygen atoms in total. The zero-order valence-corrected chi connectivity index (χ0v) is 15.7. The highest BCUT2D eigenvalue weighted by Crippen LogP contribution is 2.24. The van der Waals surface area contributed by atoms with E-state index in [0.29, 0.717) is 29.5 Å². The van der Waals surface area contributed by atoms with Gasteiger partial charge in [0.15, 0.2) is 5.69 Å². The Morgan fingerprint density at radius 2 is 1.93 bits per heavy atom. The average molecular weight is 383 g/mol. The number of hydrogen-bond donors (Lipinski definition) is 0. The summed E-state index contributed by atoms with van der Waals surface area (Å²) in [5.41, 5.74) is 2.57. The minimum Gasteiger partial charge on any atom is -0.335 e. The van der Waals surface area contributed by atoms with Gasteiger partial charge in [-0.05, 0) is 37.4 Å². The lowest BCUT2D eigenvalue weighted by Gasteiger charge is -2.31. The van der Waals surface area contributed by atoms with Crippen LogP contribution in [0.3, 0.4) is 0 Å². The molecule has 1 aliphatic rings. The number of carbonyl (C=O) groups excluding carboxylic acids is 1. The normalized spacial score (nSPS) is 15.1. The molecule has 0 atom stereocenters. The van der Waals surface area contributed by atoms with Crippen LogP contribution in [0.15, 0.2) is 48.9 Å². The Morgan fingerprint density at radius 3 is 2.59 bits per heavy atom. The smallest absolute Gasteiger partial charge is 0.274 e. The predicted octanol–water partition coefficient (Wildman–Crippen LogP) is 2.37. The van der Waals surface area contributed by atoms with Crippen LogP contribution in [-0.2, 0) is 0 Å². The van der Waals surface area contributed by atoms with E-state index in [1.807, 2.05) is 23.1 Å². The second-order valence-corrected chi connectivity index (χ2v) is 6.93. The third-order valence-electron chi connectivity index (χ3n) is 4.60. The summed E-state index contributed by atoms with van der Waals surface area (Å²) < 4.78 is 1.70. The Hall–Kier alpha value is -2.77. The number of aromatic nitrogens is 4. The van der Waals surface area contributed by atoms with Gasteiger partial charge in [0, 0.05) is 38.6 Å². The van der Waals surface area contributed by atoms with Crippen molar-refractivity contribution in [3.05, 3.63) is 59.6 Å². The Kier molecular flexibility index (Phi) is 4.87. The van der Waals surface area contributed by atoms with Crippen LogP contribution in [0.5, 0.6) is 0 Å². The standard InChI is InChI=1S/C19H19ClN6O/c1-24-7-9-25(10-8-24)19(27)17-11-18(16-5-4-14(20)12-22-16)26(23-17)15-3-2-6-21-13-15/h2-6,11-13H,7-10H2,1H3. The summed E-state index contributed by atoms with van der Waals surface area (Å²) in [6.45, 7) is 3.12. The van der Waals surface area contributed by atoms with Crippen molar-refractivity contribution < 1.29 is 4.79 Å². The number of likely N-dealkylation sites (N-methyl/N-ethyl adjacent to an activating group) is 1. The van der Waals surface area contributed by atoms with Crippen LogP contribution in [0.1, 0.15) is 10.5 Å². The summed E-state index contributed by atoms with van der Waals surface area (Å²) in [6.07, 6.45) is 4.99. The number of nitrogens with zero attached hydrogens (tertiary/aromatic N) is 6. The molecule has 4 rings (SSSR count). The largest absolute Gasteiger partial charge is 0.335 e. The number of halogens is 1. The van der Waals surface area contributed by atoms with Crippen LogP contribution in [0.25, 0.3) is 17.1 Å². The second-order valence-electron chi connectivity index (χ2n) is 6.49. The first-order chi connectivity index (χ1) is 13.1. The SMILES string of the molecule is CN1CCN(C(=O)c2cc(-c3ccc(Cl)cn3)n(-c3cccnc3)n2)CC1. The van der Waals surface area contributed by atoms with Crippen LogP contribution in [-0.4, -0.2) is 68.7 Å².